The molecule has 0 bridgehead atoms. The molecule has 0 amide bonds. The zero-order chi connectivity index (χ0) is 31.4. The summed E-state index contributed by atoms with van der Waals surface area (Å²) in [4.78, 5) is 31.4. The van der Waals surface area contributed by atoms with Gasteiger partial charge in [-0.25, -0.2) is 4.98 Å². The summed E-state index contributed by atoms with van der Waals surface area (Å²) in [6.45, 7) is 0. The molecule has 4 aromatic rings. The van der Waals surface area contributed by atoms with Crippen molar-refractivity contribution in [3.05, 3.63) is 132 Å². The van der Waals surface area contributed by atoms with Gasteiger partial charge < -0.3 is 10.4 Å². The molecule has 4 aromatic carbocycles. The van der Waals surface area contributed by atoms with Crippen molar-refractivity contribution < 1.29 is 30.7 Å². The second-order valence-electron chi connectivity index (χ2n) is 9.95. The number of anilines is 2. The third-order valence-electron chi connectivity index (χ3n) is 7.19. The van der Waals surface area contributed by atoms with Gasteiger partial charge >= 0.3 is 0 Å². The highest BCUT2D eigenvalue weighted by Gasteiger charge is 2.26. The molecular formula is C31H22N2O9S2. The molecule has 0 unspecified atom stereocenters. The van der Waals surface area contributed by atoms with Crippen LogP contribution in [0.4, 0.5) is 11.4 Å². The molecule has 1 aliphatic heterocycles. The van der Waals surface area contributed by atoms with E-state index in [0.29, 0.717) is 5.69 Å². The van der Waals surface area contributed by atoms with E-state index in [2.05, 4.69) is 10.3 Å². The van der Waals surface area contributed by atoms with Crippen LogP contribution in [0.15, 0.2) is 99.4 Å². The Hall–Kier alpha value is -4.95. The van der Waals surface area contributed by atoms with Gasteiger partial charge in [0.15, 0.2) is 5.43 Å². The van der Waals surface area contributed by atoms with Gasteiger partial charge in [0.1, 0.15) is 16.4 Å². The number of benzene rings is 4. The number of fused-ring (bicyclic) bond motifs is 2. The second kappa shape index (κ2) is 10.6. The molecule has 44 heavy (non-hydrogen) atoms. The minimum Gasteiger partial charge on any atom is -0.506 e. The van der Waals surface area contributed by atoms with Crippen LogP contribution in [0.5, 0.6) is 0 Å². The Morgan fingerprint density at radius 3 is 2.23 bits per heavy atom. The van der Waals surface area contributed by atoms with Crippen LogP contribution in [0.2, 0.25) is 0 Å². The van der Waals surface area contributed by atoms with E-state index in [0.717, 1.165) is 7.11 Å². The van der Waals surface area contributed by atoms with E-state index < -0.39 is 47.6 Å². The van der Waals surface area contributed by atoms with Crippen molar-refractivity contribution >= 4 is 59.0 Å². The smallest absolute Gasteiger partial charge is 0.298 e. The molecule has 13 heteroatoms. The standard InChI is InChI=1S/C31H22N2O9S2/c1-42-44(40,41)23-15-22(32-19-10-3-2-4-11-19)25-26-24(20-12-5-6-13-21(20)30(25)35)27(31(36)33-28(23)26)29(34)18-9-7-8-17(14-18)16-43(37,38)39/h2-15,32,34H,16H2,1H3,(H,37,38,39). The summed E-state index contributed by atoms with van der Waals surface area (Å²) in [7, 11) is -7.93. The van der Waals surface area contributed by atoms with Crippen LogP contribution < -0.4 is 21.5 Å². The monoisotopic (exact) mass is 630 g/mol. The van der Waals surface area contributed by atoms with Crippen molar-refractivity contribution in [3.8, 4) is 0 Å². The van der Waals surface area contributed by atoms with Gasteiger partial charge in [-0.05, 0) is 35.2 Å². The van der Waals surface area contributed by atoms with Crippen LogP contribution in [0.25, 0.3) is 27.4 Å². The van der Waals surface area contributed by atoms with Crippen molar-refractivity contribution in [1.82, 2.24) is 4.98 Å². The fourth-order valence-corrected chi connectivity index (χ4v) is 6.80. The largest absolute Gasteiger partial charge is 0.506 e. The number of aliphatic hydroxyl groups excluding tert-OH is 1. The summed E-state index contributed by atoms with van der Waals surface area (Å²) < 4.78 is 63.5. The van der Waals surface area contributed by atoms with E-state index in [1.165, 1.54) is 30.3 Å². The first-order chi connectivity index (χ1) is 20.9. The highest BCUT2D eigenvalue weighted by atomic mass is 32.2. The number of nitrogens with one attached hydrogen (secondary N) is 1. The van der Waals surface area contributed by atoms with Crippen molar-refractivity contribution in [1.29, 1.82) is 0 Å². The van der Waals surface area contributed by atoms with Crippen molar-refractivity contribution in [2.24, 2.45) is 0 Å². The summed E-state index contributed by atoms with van der Waals surface area (Å²) >= 11 is 0. The third kappa shape index (κ3) is 5.01. The fraction of sp³-hybridized carbons (Fsp3) is 0.0645. The number of hydrogen-bond donors (Lipinski definition) is 3. The molecule has 0 atom stereocenters. The van der Waals surface area contributed by atoms with Gasteiger partial charge in [0.25, 0.3) is 25.8 Å². The molecule has 0 radical (unpaired) electrons. The molecule has 11 nitrogen and oxygen atoms in total. The van der Waals surface area contributed by atoms with Crippen molar-refractivity contribution in [2.75, 3.05) is 12.4 Å². The van der Waals surface area contributed by atoms with Gasteiger partial charge in [-0.1, -0.05) is 60.7 Å². The summed E-state index contributed by atoms with van der Waals surface area (Å²) in [6.07, 6.45) is 0. The van der Waals surface area contributed by atoms with E-state index in [1.54, 1.807) is 54.6 Å². The third-order valence-corrected chi connectivity index (χ3v) is 9.17. The van der Waals surface area contributed by atoms with Crippen LogP contribution in [0.1, 0.15) is 11.1 Å². The summed E-state index contributed by atoms with van der Waals surface area (Å²) in [6, 6.07) is 21.8. The fourth-order valence-electron chi connectivity index (χ4n) is 5.37. The molecule has 2 aliphatic rings. The molecule has 0 spiro atoms. The Morgan fingerprint density at radius 2 is 1.55 bits per heavy atom. The van der Waals surface area contributed by atoms with Crippen LogP contribution in [-0.4, -0.2) is 38.6 Å². The second-order valence-corrected chi connectivity index (χ2v) is 13.1. The van der Waals surface area contributed by atoms with Crippen LogP contribution >= 0.6 is 0 Å². The number of para-hydroxylation sites is 1. The molecule has 222 valence electrons. The molecule has 1 heterocycles. The zero-order valence-electron chi connectivity index (χ0n) is 22.8. The summed E-state index contributed by atoms with van der Waals surface area (Å²) in [5.74, 6) is -1.33. The van der Waals surface area contributed by atoms with Crippen LogP contribution in [0.3, 0.4) is 0 Å². The number of aromatic nitrogens is 1. The minimum absolute atomic E-state index is 0.000460. The maximum Gasteiger partial charge on any atom is 0.298 e. The van der Waals surface area contributed by atoms with Crippen LogP contribution in [0, 0.1) is 10.4 Å². The van der Waals surface area contributed by atoms with Gasteiger partial charge in [0.05, 0.1) is 28.9 Å². The molecule has 1 aliphatic carbocycles. The molecule has 6 rings (SSSR count). The number of rotatable bonds is 7. The van der Waals surface area contributed by atoms with Gasteiger partial charge in [-0.3, -0.25) is 18.3 Å². The topological polar surface area (TPSA) is 177 Å². The molecule has 0 aromatic heterocycles. The Kier molecular flexibility index (Phi) is 7.05. The highest BCUT2D eigenvalue weighted by molar-refractivity contribution is 7.87. The quantitative estimate of drug-likeness (QED) is 0.174. The lowest BCUT2D eigenvalue weighted by atomic mass is 9.96. The number of aliphatic hydroxyl groups is 1. The van der Waals surface area contributed by atoms with Gasteiger partial charge in [0.2, 0.25) is 0 Å². The number of nitrogens with zero attached hydrogens (tertiary/aromatic N) is 1. The van der Waals surface area contributed by atoms with Gasteiger partial charge in [0, 0.05) is 27.1 Å². The molecule has 3 N–H and O–H groups in total. The first-order valence-corrected chi connectivity index (χ1v) is 16.0. The number of hydrogen-bond acceptors (Lipinski definition) is 10. The molecular weight excluding hydrogens is 608 g/mol. The minimum atomic E-state index is -4.48. The zero-order valence-corrected chi connectivity index (χ0v) is 24.4. The maximum atomic E-state index is 14.1. The lowest BCUT2D eigenvalue weighted by molar-refractivity contribution is 0.398. The molecule has 0 fully saturated rings. The SMILES string of the molecule is COS(=O)(=O)c1cc(Nc2ccccc2)c2c3c1nc(=O)c(=C(O)c1cccc(CS(=O)(=O)O)c1)c=3c1ccccc1c2=O. The highest BCUT2D eigenvalue weighted by Crippen LogP contribution is 2.32. The maximum absolute atomic E-state index is 14.1. The van der Waals surface area contributed by atoms with E-state index in [9.17, 15) is 36.1 Å². The van der Waals surface area contributed by atoms with E-state index in [1.807, 2.05) is 0 Å². The average molecular weight is 631 g/mol. The summed E-state index contributed by atoms with van der Waals surface area (Å²) in [5.41, 5.74) is -1.00. The lowest BCUT2D eigenvalue weighted by Crippen LogP contribution is -2.33. The lowest BCUT2D eigenvalue weighted by Gasteiger charge is -2.15. The van der Waals surface area contributed by atoms with Gasteiger partial charge in [-0.15, -0.1) is 0 Å². The van der Waals surface area contributed by atoms with Crippen molar-refractivity contribution in [2.45, 2.75) is 10.6 Å². The first kappa shape index (κ1) is 29.1. The van der Waals surface area contributed by atoms with Crippen molar-refractivity contribution in [3.63, 3.8) is 0 Å². The normalized spacial score (nSPS) is 13.0. The van der Waals surface area contributed by atoms with Crippen LogP contribution in [-0.2, 0) is 30.2 Å². The Morgan fingerprint density at radius 1 is 0.864 bits per heavy atom. The molecule has 0 saturated carbocycles. The summed E-state index contributed by atoms with van der Waals surface area (Å²) in [5, 5.41) is 14.9. The first-order valence-electron chi connectivity index (χ1n) is 13.0. The average Bonchev–Trinajstić information content (AvgIpc) is 2.99. The Labute approximate surface area is 249 Å². The van der Waals surface area contributed by atoms with Gasteiger partial charge in [-0.2, -0.15) is 16.8 Å². The predicted molar refractivity (Wildman–Crippen MR) is 164 cm³/mol. The van der Waals surface area contributed by atoms with E-state index in [4.69, 9.17) is 4.18 Å². The van der Waals surface area contributed by atoms with E-state index in [-0.39, 0.29) is 54.1 Å². The predicted octanol–water partition coefficient (Wildman–Crippen LogP) is 3.17. The Bertz CT molecular complexity index is 2580. The Balaban J connectivity index is 1.90. The molecule has 0 saturated heterocycles. The van der Waals surface area contributed by atoms with E-state index >= 15 is 0 Å².